The highest BCUT2D eigenvalue weighted by atomic mass is 19.4. The van der Waals surface area contributed by atoms with Gasteiger partial charge in [0.15, 0.2) is 0 Å². The van der Waals surface area contributed by atoms with Crippen LogP contribution in [0.4, 0.5) is 13.2 Å². The number of methoxy groups -OCH3 is 1. The van der Waals surface area contributed by atoms with Crippen LogP contribution in [0.15, 0.2) is 34.6 Å². The summed E-state index contributed by atoms with van der Waals surface area (Å²) < 4.78 is 44.8. The molecule has 0 N–H and O–H groups in total. The van der Waals surface area contributed by atoms with Crippen LogP contribution < -0.4 is 0 Å². The van der Waals surface area contributed by atoms with Gasteiger partial charge in [-0.25, -0.2) is 0 Å². The molecule has 114 valence electrons. The van der Waals surface area contributed by atoms with E-state index >= 15 is 0 Å². The zero-order valence-corrected chi connectivity index (χ0v) is 12.8. The lowest BCUT2D eigenvalue weighted by atomic mass is 9.80. The largest absolute Gasteiger partial charge is 0.500 e. The van der Waals surface area contributed by atoms with Gasteiger partial charge in [-0.1, -0.05) is 39.3 Å². The van der Waals surface area contributed by atoms with Crippen LogP contribution in [0, 0.1) is 5.41 Å². The summed E-state index contributed by atoms with van der Waals surface area (Å²) in [6, 6.07) is 0. The fraction of sp³-hybridized carbons (Fsp3) is 0.625. The van der Waals surface area contributed by atoms with Gasteiger partial charge >= 0.3 is 6.18 Å². The van der Waals surface area contributed by atoms with Crippen molar-refractivity contribution in [3.8, 4) is 0 Å². The molecule has 0 aromatic heterocycles. The third kappa shape index (κ3) is 3.68. The van der Waals surface area contributed by atoms with Crippen molar-refractivity contribution in [1.82, 2.24) is 0 Å². The van der Waals surface area contributed by atoms with E-state index < -0.39 is 11.7 Å². The van der Waals surface area contributed by atoms with Gasteiger partial charge < -0.3 is 4.74 Å². The molecule has 0 heterocycles. The fourth-order valence-electron chi connectivity index (χ4n) is 2.19. The Morgan fingerprint density at radius 1 is 1.15 bits per heavy atom. The van der Waals surface area contributed by atoms with Crippen molar-refractivity contribution < 1.29 is 17.9 Å². The molecule has 1 rings (SSSR count). The third-order valence-electron chi connectivity index (χ3n) is 3.99. The number of ether oxygens (including phenoxy) is 1. The molecule has 0 aliphatic heterocycles. The first-order chi connectivity index (χ1) is 9.15. The molecular weight excluding hydrogens is 265 g/mol. The second-order valence-electron chi connectivity index (χ2n) is 5.71. The zero-order valence-electron chi connectivity index (χ0n) is 12.8. The Kier molecular flexibility index (Phi) is 5.11. The average molecular weight is 288 g/mol. The van der Waals surface area contributed by atoms with E-state index in [2.05, 4.69) is 0 Å². The van der Waals surface area contributed by atoms with Crippen LogP contribution in [-0.2, 0) is 4.74 Å². The van der Waals surface area contributed by atoms with Crippen molar-refractivity contribution in [2.45, 2.75) is 53.1 Å². The molecule has 0 saturated carbocycles. The Morgan fingerprint density at radius 3 is 2.15 bits per heavy atom. The highest BCUT2D eigenvalue weighted by molar-refractivity contribution is 5.43. The Bertz CT molecular complexity index is 451. The minimum Gasteiger partial charge on any atom is -0.500 e. The summed E-state index contributed by atoms with van der Waals surface area (Å²) in [5, 5.41) is 0. The quantitative estimate of drug-likeness (QED) is 0.658. The Morgan fingerprint density at radius 2 is 1.75 bits per heavy atom. The summed E-state index contributed by atoms with van der Waals surface area (Å²) in [6.07, 6.45) is -0.0400. The molecule has 0 fully saturated rings. The summed E-state index contributed by atoms with van der Waals surface area (Å²) in [5.74, 6) is 0.643. The summed E-state index contributed by atoms with van der Waals surface area (Å²) >= 11 is 0. The predicted molar refractivity (Wildman–Crippen MR) is 75.2 cm³/mol. The van der Waals surface area contributed by atoms with Crippen LogP contribution in [0.5, 0.6) is 0 Å². The second-order valence-corrected chi connectivity index (χ2v) is 5.71. The van der Waals surface area contributed by atoms with Crippen molar-refractivity contribution in [2.24, 2.45) is 5.41 Å². The molecule has 1 aliphatic carbocycles. The normalized spacial score (nSPS) is 17.6. The highest BCUT2D eigenvalue weighted by Crippen LogP contribution is 2.41. The lowest BCUT2D eigenvalue weighted by Crippen LogP contribution is -2.17. The monoisotopic (exact) mass is 288 g/mol. The molecule has 0 bridgehead atoms. The molecule has 0 saturated heterocycles. The number of rotatable bonds is 4. The molecule has 0 atom stereocenters. The zero-order chi connectivity index (χ0) is 15.6. The van der Waals surface area contributed by atoms with E-state index in [1.807, 2.05) is 27.7 Å². The minimum absolute atomic E-state index is 0.348. The molecule has 0 aromatic rings. The number of alkyl halides is 3. The van der Waals surface area contributed by atoms with Crippen molar-refractivity contribution in [3.05, 3.63) is 34.6 Å². The Hall–Kier alpha value is -1.19. The first-order valence-corrected chi connectivity index (χ1v) is 6.91. The molecule has 0 amide bonds. The smallest absolute Gasteiger partial charge is 0.416 e. The van der Waals surface area contributed by atoms with E-state index in [4.69, 9.17) is 4.74 Å². The molecule has 1 aliphatic rings. The molecule has 0 radical (unpaired) electrons. The summed E-state index contributed by atoms with van der Waals surface area (Å²) in [7, 11) is 1.53. The Labute approximate surface area is 119 Å². The van der Waals surface area contributed by atoms with Gasteiger partial charge in [0, 0.05) is 6.42 Å². The maximum Gasteiger partial charge on any atom is 0.416 e. The Balaban J connectivity index is 3.47. The van der Waals surface area contributed by atoms with Gasteiger partial charge in [0.05, 0.1) is 12.7 Å². The SMILES string of the molecule is CCC1=CC(C(F)(F)F)=CC(C(C)(C)CC)=C(OC)C1. The van der Waals surface area contributed by atoms with Gasteiger partial charge in [0.1, 0.15) is 5.76 Å². The van der Waals surface area contributed by atoms with Gasteiger partial charge in [-0.2, -0.15) is 13.2 Å². The van der Waals surface area contributed by atoms with E-state index in [-0.39, 0.29) is 5.41 Å². The van der Waals surface area contributed by atoms with Crippen LogP contribution in [0.1, 0.15) is 47.0 Å². The van der Waals surface area contributed by atoms with Crippen LogP contribution >= 0.6 is 0 Å². The van der Waals surface area contributed by atoms with Crippen LogP contribution in [0.3, 0.4) is 0 Å². The van der Waals surface area contributed by atoms with Gasteiger partial charge in [-0.05, 0) is 29.9 Å². The molecule has 20 heavy (non-hydrogen) atoms. The van der Waals surface area contributed by atoms with Crippen molar-refractivity contribution >= 4 is 0 Å². The molecule has 0 aromatic carbocycles. The molecule has 1 nitrogen and oxygen atoms in total. The first-order valence-electron chi connectivity index (χ1n) is 6.91. The van der Waals surface area contributed by atoms with E-state index in [0.29, 0.717) is 24.2 Å². The summed E-state index contributed by atoms with van der Waals surface area (Å²) in [5.41, 5.74) is 0.457. The van der Waals surface area contributed by atoms with Gasteiger partial charge in [0.25, 0.3) is 0 Å². The van der Waals surface area contributed by atoms with Gasteiger partial charge in [-0.15, -0.1) is 0 Å². The highest BCUT2D eigenvalue weighted by Gasteiger charge is 2.36. The van der Waals surface area contributed by atoms with E-state index in [0.717, 1.165) is 12.0 Å². The van der Waals surface area contributed by atoms with Gasteiger partial charge in [-0.3, -0.25) is 0 Å². The summed E-state index contributed by atoms with van der Waals surface area (Å²) in [6.45, 7) is 7.73. The lowest BCUT2D eigenvalue weighted by Gasteiger charge is -2.27. The van der Waals surface area contributed by atoms with Crippen molar-refractivity contribution in [2.75, 3.05) is 7.11 Å². The molecule has 0 spiro atoms. The number of hydrogen-bond acceptors (Lipinski definition) is 1. The second kappa shape index (κ2) is 6.06. The average Bonchev–Trinajstić information content (AvgIpc) is 2.57. The van der Waals surface area contributed by atoms with Crippen LogP contribution in [-0.4, -0.2) is 13.3 Å². The van der Waals surface area contributed by atoms with E-state index in [1.54, 1.807) is 0 Å². The minimum atomic E-state index is -4.33. The predicted octanol–water partition coefficient (Wildman–Crippen LogP) is 5.55. The number of allylic oxidation sites excluding steroid dienone is 5. The molecule has 0 unspecified atom stereocenters. The fourth-order valence-corrected chi connectivity index (χ4v) is 2.19. The van der Waals surface area contributed by atoms with Gasteiger partial charge in [0.2, 0.25) is 0 Å². The third-order valence-corrected chi connectivity index (χ3v) is 3.99. The standard InChI is InChI=1S/C16H23F3O/c1-6-11-8-12(16(17,18)19)10-13(14(9-11)20-5)15(3,4)7-2/h8,10H,6-7,9H2,1-5H3. The van der Waals surface area contributed by atoms with Crippen molar-refractivity contribution in [1.29, 1.82) is 0 Å². The van der Waals surface area contributed by atoms with Crippen molar-refractivity contribution in [3.63, 3.8) is 0 Å². The first kappa shape index (κ1) is 16.9. The van der Waals surface area contributed by atoms with E-state index in [9.17, 15) is 13.2 Å². The van der Waals surface area contributed by atoms with E-state index in [1.165, 1.54) is 19.3 Å². The maximum atomic E-state index is 13.2. The molecular formula is C16H23F3O. The van der Waals surface area contributed by atoms with Crippen LogP contribution in [0.2, 0.25) is 0 Å². The maximum absolute atomic E-state index is 13.2. The molecule has 4 heteroatoms. The number of hydrogen-bond donors (Lipinski definition) is 0. The van der Waals surface area contributed by atoms with Crippen LogP contribution in [0.25, 0.3) is 0 Å². The lowest BCUT2D eigenvalue weighted by molar-refractivity contribution is -0.0883. The summed E-state index contributed by atoms with van der Waals surface area (Å²) in [4.78, 5) is 0. The number of halogens is 3. The topological polar surface area (TPSA) is 9.23 Å².